The molecule has 0 saturated carbocycles. The zero-order chi connectivity index (χ0) is 10.5. The summed E-state index contributed by atoms with van der Waals surface area (Å²) in [5.74, 6) is 0.890. The first kappa shape index (κ1) is 9.77. The molecular formula is C12H14N2O. The van der Waals surface area contributed by atoms with Crippen LogP contribution in [0.15, 0.2) is 41.2 Å². The van der Waals surface area contributed by atoms with Gasteiger partial charge in [0.25, 0.3) is 0 Å². The minimum Gasteiger partial charge on any atom is -0.497 e. The summed E-state index contributed by atoms with van der Waals surface area (Å²) in [7, 11) is 1.68. The van der Waals surface area contributed by atoms with E-state index in [0.717, 1.165) is 24.4 Å². The Morgan fingerprint density at radius 1 is 1.47 bits per heavy atom. The second kappa shape index (κ2) is 4.64. The van der Waals surface area contributed by atoms with Crippen molar-refractivity contribution in [2.75, 3.05) is 13.7 Å². The van der Waals surface area contributed by atoms with Crippen molar-refractivity contribution in [3.63, 3.8) is 0 Å². The number of rotatable bonds is 3. The van der Waals surface area contributed by atoms with Gasteiger partial charge in [-0.15, -0.1) is 0 Å². The molecule has 0 fully saturated rings. The molecule has 0 atom stereocenters. The average Bonchev–Trinajstić information content (AvgIpc) is 2.31. The van der Waals surface area contributed by atoms with E-state index in [9.17, 15) is 0 Å². The van der Waals surface area contributed by atoms with Crippen LogP contribution >= 0.6 is 0 Å². The largest absolute Gasteiger partial charge is 0.497 e. The molecule has 0 bridgehead atoms. The first-order valence-corrected chi connectivity index (χ1v) is 4.96. The molecule has 1 aliphatic heterocycles. The minimum absolute atomic E-state index is 0.821. The van der Waals surface area contributed by atoms with Gasteiger partial charge >= 0.3 is 0 Å². The quantitative estimate of drug-likeness (QED) is 0.810. The Labute approximate surface area is 89.5 Å². The van der Waals surface area contributed by atoms with Gasteiger partial charge in [0.05, 0.1) is 12.8 Å². The standard InChI is InChI=1S/C12H14N2O/c1-15-12-4-2-3-10(8-12)7-11-9-13-5-6-14-11/h2-4,6,8-9,13H,5,7H2,1H3. The molecule has 0 saturated heterocycles. The molecule has 2 rings (SSSR count). The van der Waals surface area contributed by atoms with Crippen LogP contribution in [0, 0.1) is 0 Å². The number of aliphatic imine (C=N–C) groups is 1. The number of ether oxygens (including phenoxy) is 1. The van der Waals surface area contributed by atoms with Crippen LogP contribution < -0.4 is 10.1 Å². The summed E-state index contributed by atoms with van der Waals surface area (Å²) in [5, 5.41) is 3.14. The number of allylic oxidation sites excluding steroid dienone is 1. The van der Waals surface area contributed by atoms with E-state index in [1.807, 2.05) is 30.6 Å². The van der Waals surface area contributed by atoms with Crippen molar-refractivity contribution in [2.24, 2.45) is 4.99 Å². The minimum atomic E-state index is 0.821. The molecule has 3 heteroatoms. The zero-order valence-corrected chi connectivity index (χ0v) is 8.73. The molecule has 3 nitrogen and oxygen atoms in total. The molecule has 1 aromatic carbocycles. The molecule has 0 spiro atoms. The third-order valence-corrected chi connectivity index (χ3v) is 2.25. The maximum atomic E-state index is 5.17. The Morgan fingerprint density at radius 3 is 3.13 bits per heavy atom. The van der Waals surface area contributed by atoms with E-state index in [2.05, 4.69) is 16.4 Å². The van der Waals surface area contributed by atoms with Gasteiger partial charge in [0, 0.05) is 25.4 Å². The molecule has 0 radical (unpaired) electrons. The molecular weight excluding hydrogens is 188 g/mol. The molecule has 0 unspecified atom stereocenters. The Balaban J connectivity index is 2.10. The van der Waals surface area contributed by atoms with E-state index in [0.29, 0.717) is 0 Å². The molecule has 0 aromatic heterocycles. The lowest BCUT2D eigenvalue weighted by atomic mass is 10.1. The third-order valence-electron chi connectivity index (χ3n) is 2.25. The summed E-state index contributed by atoms with van der Waals surface area (Å²) < 4.78 is 5.17. The Morgan fingerprint density at radius 2 is 2.40 bits per heavy atom. The number of hydrogen-bond acceptors (Lipinski definition) is 3. The summed E-state index contributed by atoms with van der Waals surface area (Å²) in [6.07, 6.45) is 4.68. The summed E-state index contributed by atoms with van der Waals surface area (Å²) in [4.78, 5) is 4.31. The number of methoxy groups -OCH3 is 1. The van der Waals surface area contributed by atoms with Crippen molar-refractivity contribution >= 4 is 6.21 Å². The van der Waals surface area contributed by atoms with Crippen LogP contribution in [-0.4, -0.2) is 19.9 Å². The molecule has 78 valence electrons. The van der Waals surface area contributed by atoms with Gasteiger partial charge in [0.2, 0.25) is 0 Å². The van der Waals surface area contributed by atoms with Gasteiger partial charge < -0.3 is 10.1 Å². The molecule has 1 heterocycles. The third kappa shape index (κ3) is 2.59. The average molecular weight is 202 g/mol. The number of benzene rings is 1. The fourth-order valence-electron chi connectivity index (χ4n) is 1.52. The van der Waals surface area contributed by atoms with Crippen LogP contribution in [0.3, 0.4) is 0 Å². The van der Waals surface area contributed by atoms with Gasteiger partial charge in [-0.25, -0.2) is 0 Å². The van der Waals surface area contributed by atoms with Gasteiger partial charge in [-0.2, -0.15) is 0 Å². The lowest BCUT2D eigenvalue weighted by molar-refractivity contribution is 0.414. The maximum Gasteiger partial charge on any atom is 0.119 e. The van der Waals surface area contributed by atoms with E-state index in [1.165, 1.54) is 5.56 Å². The first-order valence-electron chi connectivity index (χ1n) is 4.96. The number of hydrogen-bond donors (Lipinski definition) is 1. The van der Waals surface area contributed by atoms with Gasteiger partial charge in [-0.1, -0.05) is 12.1 Å². The lowest BCUT2D eigenvalue weighted by Crippen LogP contribution is -2.13. The van der Waals surface area contributed by atoms with E-state index in [-0.39, 0.29) is 0 Å². The summed E-state index contributed by atoms with van der Waals surface area (Å²) in [5.41, 5.74) is 2.26. The van der Waals surface area contributed by atoms with Gasteiger partial charge in [-0.3, -0.25) is 4.99 Å². The van der Waals surface area contributed by atoms with E-state index in [4.69, 9.17) is 4.74 Å². The molecule has 15 heavy (non-hydrogen) atoms. The van der Waals surface area contributed by atoms with E-state index >= 15 is 0 Å². The van der Waals surface area contributed by atoms with Crippen LogP contribution in [0.25, 0.3) is 0 Å². The highest BCUT2D eigenvalue weighted by Gasteiger charge is 2.01. The highest BCUT2D eigenvalue weighted by molar-refractivity contribution is 5.63. The van der Waals surface area contributed by atoms with Crippen molar-refractivity contribution < 1.29 is 4.74 Å². The van der Waals surface area contributed by atoms with Crippen molar-refractivity contribution in [3.8, 4) is 5.75 Å². The normalized spacial score (nSPS) is 14.3. The molecule has 1 aliphatic rings. The molecule has 1 N–H and O–H groups in total. The van der Waals surface area contributed by atoms with Crippen molar-refractivity contribution in [1.29, 1.82) is 0 Å². The van der Waals surface area contributed by atoms with Gasteiger partial charge in [0.15, 0.2) is 0 Å². The predicted octanol–water partition coefficient (Wildman–Crippen LogP) is 1.75. The van der Waals surface area contributed by atoms with E-state index in [1.54, 1.807) is 7.11 Å². The smallest absolute Gasteiger partial charge is 0.119 e. The number of nitrogens with one attached hydrogen (secondary N) is 1. The first-order chi connectivity index (χ1) is 7.38. The maximum absolute atomic E-state index is 5.17. The van der Waals surface area contributed by atoms with Crippen LogP contribution in [0.2, 0.25) is 0 Å². The SMILES string of the molecule is COc1cccc(CC2=CNCC=N2)c1. The van der Waals surface area contributed by atoms with Crippen molar-refractivity contribution in [3.05, 3.63) is 41.7 Å². The second-order valence-electron chi connectivity index (χ2n) is 3.38. The summed E-state index contributed by atoms with van der Waals surface area (Å²) in [6.45, 7) is 0.821. The van der Waals surface area contributed by atoms with Gasteiger partial charge in [0.1, 0.15) is 5.75 Å². The van der Waals surface area contributed by atoms with Crippen LogP contribution in [0.4, 0.5) is 0 Å². The van der Waals surface area contributed by atoms with Crippen molar-refractivity contribution in [1.82, 2.24) is 5.32 Å². The Hall–Kier alpha value is -1.77. The zero-order valence-electron chi connectivity index (χ0n) is 8.73. The van der Waals surface area contributed by atoms with Gasteiger partial charge in [-0.05, 0) is 17.7 Å². The van der Waals surface area contributed by atoms with Crippen LogP contribution in [0.1, 0.15) is 5.56 Å². The Kier molecular flexibility index (Phi) is 3.02. The fraction of sp³-hybridized carbons (Fsp3) is 0.250. The highest BCUT2D eigenvalue weighted by atomic mass is 16.5. The van der Waals surface area contributed by atoms with Crippen LogP contribution in [-0.2, 0) is 6.42 Å². The predicted molar refractivity (Wildman–Crippen MR) is 61.3 cm³/mol. The lowest BCUT2D eigenvalue weighted by Gasteiger charge is -2.08. The second-order valence-corrected chi connectivity index (χ2v) is 3.38. The molecule has 1 aromatic rings. The monoisotopic (exact) mass is 202 g/mol. The summed E-state index contributed by atoms with van der Waals surface area (Å²) in [6, 6.07) is 8.05. The fourth-order valence-corrected chi connectivity index (χ4v) is 1.52. The highest BCUT2D eigenvalue weighted by Crippen LogP contribution is 2.16. The summed E-state index contributed by atoms with van der Waals surface area (Å²) >= 11 is 0. The van der Waals surface area contributed by atoms with Crippen molar-refractivity contribution in [2.45, 2.75) is 6.42 Å². The van der Waals surface area contributed by atoms with Crippen LogP contribution in [0.5, 0.6) is 5.75 Å². The van der Waals surface area contributed by atoms with E-state index < -0.39 is 0 Å². The topological polar surface area (TPSA) is 33.6 Å². The number of nitrogens with zero attached hydrogens (tertiary/aromatic N) is 1. The Bertz CT molecular complexity index is 396. The molecule has 0 amide bonds. The molecule has 0 aliphatic carbocycles.